The average Bonchev–Trinajstić information content (AvgIpc) is 2.87. The molecule has 0 N–H and O–H groups in total. The molecule has 0 radical (unpaired) electrons. The Morgan fingerprint density at radius 1 is 1.33 bits per heavy atom. The summed E-state index contributed by atoms with van der Waals surface area (Å²) in [6.45, 7) is 4.47. The maximum Gasteiger partial charge on any atom is 0.111 e. The average molecular weight is 305 g/mol. The molecule has 0 bridgehead atoms. The Morgan fingerprint density at radius 3 is 2.95 bits per heavy atom. The van der Waals surface area contributed by atoms with Crippen molar-refractivity contribution in [2.45, 2.75) is 58.4 Å². The topological polar surface area (TPSA) is 17.8 Å². The molecule has 0 amide bonds. The van der Waals surface area contributed by atoms with E-state index in [1.807, 2.05) is 0 Å². The van der Waals surface area contributed by atoms with Gasteiger partial charge >= 0.3 is 0 Å². The van der Waals surface area contributed by atoms with E-state index in [1.165, 1.54) is 49.0 Å². The predicted octanol–water partition coefficient (Wildman–Crippen LogP) is 5.27. The highest BCUT2D eigenvalue weighted by Crippen LogP contribution is 2.37. The predicted molar refractivity (Wildman–Crippen MR) is 90.2 cm³/mol. The molecule has 1 fully saturated rings. The zero-order chi connectivity index (χ0) is 14.8. The van der Waals surface area contributed by atoms with Gasteiger partial charge in [0.05, 0.1) is 11.0 Å². The number of benzene rings is 1. The molecule has 1 aliphatic carbocycles. The number of hydrogen-bond acceptors (Lipinski definition) is 1. The molecule has 1 aromatic heterocycles. The van der Waals surface area contributed by atoms with E-state index in [0.717, 1.165) is 17.9 Å². The van der Waals surface area contributed by atoms with Gasteiger partial charge in [-0.3, -0.25) is 0 Å². The van der Waals surface area contributed by atoms with Crippen LogP contribution in [-0.4, -0.2) is 15.4 Å². The molecular weight excluding hydrogens is 280 g/mol. The summed E-state index contributed by atoms with van der Waals surface area (Å²) in [5.74, 6) is 2.69. The summed E-state index contributed by atoms with van der Waals surface area (Å²) in [6.07, 6.45) is 7.48. The first-order valence-electron chi connectivity index (χ1n) is 8.27. The van der Waals surface area contributed by atoms with Crippen LogP contribution in [0.25, 0.3) is 11.0 Å². The molecule has 2 atom stereocenters. The highest BCUT2D eigenvalue weighted by Gasteiger charge is 2.25. The molecule has 0 saturated heterocycles. The Bertz CT molecular complexity index is 617. The molecule has 2 nitrogen and oxygen atoms in total. The van der Waals surface area contributed by atoms with Crippen molar-refractivity contribution < 1.29 is 0 Å². The molecule has 21 heavy (non-hydrogen) atoms. The van der Waals surface area contributed by atoms with Crippen molar-refractivity contribution in [3.8, 4) is 0 Å². The molecule has 3 heteroatoms. The van der Waals surface area contributed by atoms with Crippen molar-refractivity contribution in [1.82, 2.24) is 9.55 Å². The fraction of sp³-hybridized carbons (Fsp3) is 0.611. The second-order valence-corrected chi connectivity index (χ2v) is 6.75. The summed E-state index contributed by atoms with van der Waals surface area (Å²) in [4.78, 5) is 4.91. The number of aryl methyl sites for hydroxylation is 2. The van der Waals surface area contributed by atoms with Gasteiger partial charge in [-0.15, -0.1) is 11.6 Å². The first kappa shape index (κ1) is 14.9. The fourth-order valence-electron chi connectivity index (χ4n) is 3.84. The number of halogens is 1. The summed E-state index contributed by atoms with van der Waals surface area (Å²) in [5.41, 5.74) is 3.73. The number of hydrogen-bond donors (Lipinski definition) is 0. The van der Waals surface area contributed by atoms with E-state index in [0.29, 0.717) is 11.9 Å². The maximum atomic E-state index is 6.02. The van der Waals surface area contributed by atoms with Crippen molar-refractivity contribution >= 4 is 22.6 Å². The zero-order valence-corrected chi connectivity index (χ0v) is 13.9. The highest BCUT2D eigenvalue weighted by atomic mass is 35.5. The number of imidazole rings is 1. The van der Waals surface area contributed by atoms with Crippen LogP contribution in [-0.2, 0) is 6.42 Å². The quantitative estimate of drug-likeness (QED) is 0.704. The molecular formula is C18H25ClN2. The summed E-state index contributed by atoms with van der Waals surface area (Å²) in [6, 6.07) is 7.14. The molecule has 1 aromatic carbocycles. The smallest absolute Gasteiger partial charge is 0.111 e. The molecule has 1 saturated carbocycles. The standard InChI is InChI=1S/C18H25ClN2/c1-3-14-7-5-8-15(12-14)21-16-9-4-6-13(2)18(16)20-17(21)10-11-19/h4,6,9,14-15H,3,5,7-8,10-12H2,1-2H3. The Labute approximate surface area is 132 Å². The van der Waals surface area contributed by atoms with Crippen molar-refractivity contribution in [3.63, 3.8) is 0 Å². The molecule has 0 aliphatic heterocycles. The van der Waals surface area contributed by atoms with Crippen LogP contribution in [0.15, 0.2) is 18.2 Å². The first-order chi connectivity index (χ1) is 10.2. The number of aromatic nitrogens is 2. The van der Waals surface area contributed by atoms with E-state index in [4.69, 9.17) is 16.6 Å². The third-order valence-corrected chi connectivity index (χ3v) is 5.20. The lowest BCUT2D eigenvalue weighted by molar-refractivity contribution is 0.262. The minimum Gasteiger partial charge on any atom is -0.325 e. The van der Waals surface area contributed by atoms with E-state index in [1.54, 1.807) is 0 Å². The van der Waals surface area contributed by atoms with Crippen LogP contribution in [0.5, 0.6) is 0 Å². The van der Waals surface area contributed by atoms with Gasteiger partial charge in [0, 0.05) is 18.3 Å². The lowest BCUT2D eigenvalue weighted by Crippen LogP contribution is -2.20. The number of rotatable bonds is 4. The van der Waals surface area contributed by atoms with E-state index < -0.39 is 0 Å². The van der Waals surface area contributed by atoms with E-state index in [2.05, 4.69) is 36.6 Å². The van der Waals surface area contributed by atoms with E-state index in [-0.39, 0.29) is 0 Å². The lowest BCUT2D eigenvalue weighted by atomic mass is 9.84. The lowest BCUT2D eigenvalue weighted by Gasteiger charge is -2.31. The molecule has 114 valence electrons. The van der Waals surface area contributed by atoms with Gasteiger partial charge in [-0.1, -0.05) is 38.3 Å². The van der Waals surface area contributed by atoms with Crippen molar-refractivity contribution in [2.75, 3.05) is 5.88 Å². The van der Waals surface area contributed by atoms with Crippen LogP contribution in [0, 0.1) is 12.8 Å². The van der Waals surface area contributed by atoms with Crippen LogP contribution in [0.1, 0.15) is 56.5 Å². The van der Waals surface area contributed by atoms with Gasteiger partial charge in [0.15, 0.2) is 0 Å². The number of alkyl halides is 1. The second kappa shape index (κ2) is 6.39. The number of fused-ring (bicyclic) bond motifs is 1. The maximum absolute atomic E-state index is 6.02. The minimum absolute atomic E-state index is 0.605. The number of nitrogens with zero attached hydrogens (tertiary/aromatic N) is 2. The Hall–Kier alpha value is -1.02. The first-order valence-corrected chi connectivity index (χ1v) is 8.80. The Balaban J connectivity index is 2.06. The largest absolute Gasteiger partial charge is 0.325 e. The number of para-hydroxylation sites is 1. The van der Waals surface area contributed by atoms with Crippen LogP contribution in [0.4, 0.5) is 0 Å². The zero-order valence-electron chi connectivity index (χ0n) is 13.1. The Morgan fingerprint density at radius 2 is 2.19 bits per heavy atom. The normalized spacial score (nSPS) is 22.8. The van der Waals surface area contributed by atoms with Gasteiger partial charge in [-0.2, -0.15) is 0 Å². The SMILES string of the molecule is CCC1CCCC(n2c(CCCl)nc3c(C)cccc32)C1. The van der Waals surface area contributed by atoms with Crippen molar-refractivity contribution in [2.24, 2.45) is 5.92 Å². The van der Waals surface area contributed by atoms with Crippen LogP contribution < -0.4 is 0 Å². The summed E-state index contributed by atoms with van der Waals surface area (Å²) < 4.78 is 2.51. The minimum atomic E-state index is 0.605. The summed E-state index contributed by atoms with van der Waals surface area (Å²) >= 11 is 6.02. The van der Waals surface area contributed by atoms with Crippen LogP contribution >= 0.6 is 11.6 Å². The molecule has 3 rings (SSSR count). The molecule has 1 aliphatic rings. The van der Waals surface area contributed by atoms with Gasteiger partial charge in [0.2, 0.25) is 0 Å². The van der Waals surface area contributed by atoms with Crippen molar-refractivity contribution in [3.05, 3.63) is 29.6 Å². The molecule has 2 unspecified atom stereocenters. The van der Waals surface area contributed by atoms with E-state index in [9.17, 15) is 0 Å². The van der Waals surface area contributed by atoms with Gasteiger partial charge in [-0.25, -0.2) is 4.98 Å². The summed E-state index contributed by atoms with van der Waals surface area (Å²) in [7, 11) is 0. The van der Waals surface area contributed by atoms with Crippen LogP contribution in [0.2, 0.25) is 0 Å². The van der Waals surface area contributed by atoms with Crippen LogP contribution in [0.3, 0.4) is 0 Å². The van der Waals surface area contributed by atoms with Gasteiger partial charge in [0.1, 0.15) is 5.82 Å². The fourth-order valence-corrected chi connectivity index (χ4v) is 4.01. The van der Waals surface area contributed by atoms with Gasteiger partial charge in [-0.05, 0) is 37.3 Å². The third-order valence-electron chi connectivity index (χ3n) is 5.01. The van der Waals surface area contributed by atoms with Gasteiger partial charge < -0.3 is 4.57 Å². The molecule has 0 spiro atoms. The van der Waals surface area contributed by atoms with Gasteiger partial charge in [0.25, 0.3) is 0 Å². The molecule has 1 heterocycles. The monoisotopic (exact) mass is 304 g/mol. The second-order valence-electron chi connectivity index (χ2n) is 6.37. The Kier molecular flexibility index (Phi) is 4.54. The molecule has 2 aromatic rings. The van der Waals surface area contributed by atoms with Crippen molar-refractivity contribution in [1.29, 1.82) is 0 Å². The highest BCUT2D eigenvalue weighted by molar-refractivity contribution is 6.17. The third kappa shape index (κ3) is 2.83. The summed E-state index contributed by atoms with van der Waals surface area (Å²) in [5, 5.41) is 0. The van der Waals surface area contributed by atoms with E-state index >= 15 is 0 Å².